The molecule has 0 aromatic heterocycles. The number of nitrogens with one attached hydrogen (secondary N) is 2. The van der Waals surface area contributed by atoms with Gasteiger partial charge in [0.2, 0.25) is 0 Å². The summed E-state index contributed by atoms with van der Waals surface area (Å²) in [6, 6.07) is 11.3. The smallest absolute Gasteiger partial charge is 0.387 e. The van der Waals surface area contributed by atoms with Crippen LogP contribution in [0.2, 0.25) is 0 Å². The van der Waals surface area contributed by atoms with E-state index in [9.17, 15) is 8.78 Å². The highest BCUT2D eigenvalue weighted by Gasteiger charge is 2.08. The molecule has 0 aliphatic carbocycles. The monoisotopic (exact) mass is 354 g/mol. The third kappa shape index (κ3) is 4.95. The lowest BCUT2D eigenvalue weighted by Crippen LogP contribution is -2.19. The summed E-state index contributed by atoms with van der Waals surface area (Å²) in [6.07, 6.45) is 0. The first kappa shape index (κ1) is 17.7. The fourth-order valence-corrected chi connectivity index (χ4v) is 2.13. The Balaban J connectivity index is 2.00. The van der Waals surface area contributed by atoms with Crippen molar-refractivity contribution in [3.05, 3.63) is 42.5 Å². The molecule has 0 saturated heterocycles. The lowest BCUT2D eigenvalue weighted by Gasteiger charge is -2.14. The Kier molecular flexibility index (Phi) is 6.14. The van der Waals surface area contributed by atoms with Crippen LogP contribution >= 0.6 is 12.2 Å². The van der Waals surface area contributed by atoms with Gasteiger partial charge in [-0.1, -0.05) is 0 Å². The molecule has 0 atom stereocenters. The van der Waals surface area contributed by atoms with Gasteiger partial charge in [-0.15, -0.1) is 0 Å². The molecule has 0 amide bonds. The number of ether oxygens (including phenoxy) is 3. The Hall–Kier alpha value is -2.61. The number of thiocarbonyl (C=S) groups is 1. The normalized spacial score (nSPS) is 10.2. The largest absolute Gasteiger partial charge is 0.497 e. The molecule has 0 fully saturated rings. The average molecular weight is 354 g/mol. The van der Waals surface area contributed by atoms with Gasteiger partial charge in [-0.3, -0.25) is 0 Å². The second-order valence-corrected chi connectivity index (χ2v) is 4.96. The van der Waals surface area contributed by atoms with Crippen LogP contribution in [0.25, 0.3) is 0 Å². The quantitative estimate of drug-likeness (QED) is 0.762. The number of hydrogen-bond acceptors (Lipinski definition) is 4. The molecule has 2 rings (SSSR count). The topological polar surface area (TPSA) is 51.8 Å². The number of anilines is 2. The lowest BCUT2D eigenvalue weighted by molar-refractivity contribution is -0.0498. The Morgan fingerprint density at radius 1 is 0.958 bits per heavy atom. The van der Waals surface area contributed by atoms with E-state index < -0.39 is 6.61 Å². The molecule has 2 N–H and O–H groups in total. The molecular formula is C16H16F2N2O3S. The molecule has 0 unspecified atom stereocenters. The van der Waals surface area contributed by atoms with Gasteiger partial charge < -0.3 is 24.8 Å². The summed E-state index contributed by atoms with van der Waals surface area (Å²) in [5.74, 6) is 1.30. The van der Waals surface area contributed by atoms with Crippen molar-refractivity contribution < 1.29 is 23.0 Å². The zero-order chi connectivity index (χ0) is 17.5. The van der Waals surface area contributed by atoms with Crippen molar-refractivity contribution in [2.24, 2.45) is 0 Å². The Morgan fingerprint density at radius 2 is 1.62 bits per heavy atom. The highest BCUT2D eigenvalue weighted by Crippen LogP contribution is 2.29. The summed E-state index contributed by atoms with van der Waals surface area (Å²) in [5.41, 5.74) is 1.29. The molecule has 2 aromatic carbocycles. The number of halogens is 2. The van der Waals surface area contributed by atoms with Gasteiger partial charge in [0.15, 0.2) is 5.11 Å². The fraction of sp³-hybridized carbons (Fsp3) is 0.188. The zero-order valence-corrected chi connectivity index (χ0v) is 13.8. The van der Waals surface area contributed by atoms with E-state index in [4.69, 9.17) is 21.7 Å². The minimum absolute atomic E-state index is 0.0752. The maximum absolute atomic E-state index is 12.1. The molecule has 8 heteroatoms. The van der Waals surface area contributed by atoms with E-state index in [2.05, 4.69) is 15.4 Å². The molecule has 5 nitrogen and oxygen atoms in total. The third-order valence-corrected chi connectivity index (χ3v) is 3.20. The standard InChI is InChI=1S/C16H16F2N2O3S/c1-21-12-7-8-13(14(9-12)22-2)20-16(24)19-10-3-5-11(6-4-10)23-15(17)18/h3-9,15H,1-2H3,(H2,19,20,24). The van der Waals surface area contributed by atoms with Crippen LogP contribution in [0.5, 0.6) is 17.2 Å². The highest BCUT2D eigenvalue weighted by molar-refractivity contribution is 7.80. The molecular weight excluding hydrogens is 338 g/mol. The molecule has 0 saturated carbocycles. The van der Waals surface area contributed by atoms with E-state index in [0.29, 0.717) is 28.0 Å². The van der Waals surface area contributed by atoms with Crippen LogP contribution in [0.3, 0.4) is 0 Å². The van der Waals surface area contributed by atoms with E-state index in [1.54, 1.807) is 37.4 Å². The van der Waals surface area contributed by atoms with Gasteiger partial charge in [-0.05, 0) is 48.6 Å². The summed E-state index contributed by atoms with van der Waals surface area (Å²) in [5, 5.41) is 6.26. The second-order valence-electron chi connectivity index (χ2n) is 4.55. The van der Waals surface area contributed by atoms with E-state index in [-0.39, 0.29) is 5.75 Å². The summed E-state index contributed by atoms with van der Waals surface area (Å²) in [6.45, 7) is -2.85. The maximum atomic E-state index is 12.1. The zero-order valence-electron chi connectivity index (χ0n) is 13.0. The van der Waals surface area contributed by atoms with Gasteiger partial charge in [0.05, 0.1) is 19.9 Å². The van der Waals surface area contributed by atoms with Gasteiger partial charge >= 0.3 is 6.61 Å². The minimum atomic E-state index is -2.85. The summed E-state index contributed by atoms with van der Waals surface area (Å²) < 4.78 is 38.9. The van der Waals surface area contributed by atoms with Gasteiger partial charge in [0, 0.05) is 11.8 Å². The highest BCUT2D eigenvalue weighted by atomic mass is 32.1. The number of methoxy groups -OCH3 is 2. The molecule has 0 aliphatic rings. The van der Waals surface area contributed by atoms with Gasteiger partial charge in [-0.25, -0.2) is 0 Å². The molecule has 0 aliphatic heterocycles. The summed E-state index contributed by atoms with van der Waals surface area (Å²) >= 11 is 5.23. The minimum Gasteiger partial charge on any atom is -0.497 e. The van der Waals surface area contributed by atoms with Crippen molar-refractivity contribution in [1.82, 2.24) is 0 Å². The lowest BCUT2D eigenvalue weighted by atomic mass is 10.2. The van der Waals surface area contributed by atoms with Crippen LogP contribution < -0.4 is 24.8 Å². The summed E-state index contributed by atoms with van der Waals surface area (Å²) in [7, 11) is 3.10. The molecule has 128 valence electrons. The van der Waals surface area contributed by atoms with Crippen LogP contribution in [0.4, 0.5) is 20.2 Å². The average Bonchev–Trinajstić information content (AvgIpc) is 2.56. The number of benzene rings is 2. The van der Waals surface area contributed by atoms with Crippen molar-refractivity contribution in [3.8, 4) is 17.2 Å². The molecule has 0 radical (unpaired) electrons. The number of rotatable bonds is 6. The Morgan fingerprint density at radius 3 is 2.21 bits per heavy atom. The fourth-order valence-electron chi connectivity index (χ4n) is 1.91. The molecule has 0 spiro atoms. The first-order valence-electron chi connectivity index (χ1n) is 6.86. The number of alkyl halides is 2. The second kappa shape index (κ2) is 8.30. The Labute approximate surface area is 143 Å². The van der Waals surface area contributed by atoms with Crippen molar-refractivity contribution in [2.75, 3.05) is 24.9 Å². The van der Waals surface area contributed by atoms with Crippen molar-refractivity contribution in [1.29, 1.82) is 0 Å². The summed E-state index contributed by atoms with van der Waals surface area (Å²) in [4.78, 5) is 0. The van der Waals surface area contributed by atoms with Gasteiger partial charge in [0.1, 0.15) is 17.2 Å². The molecule has 2 aromatic rings. The van der Waals surface area contributed by atoms with Crippen molar-refractivity contribution in [2.45, 2.75) is 6.61 Å². The van der Waals surface area contributed by atoms with E-state index in [0.717, 1.165) is 0 Å². The van der Waals surface area contributed by atoms with Crippen LogP contribution in [-0.4, -0.2) is 25.9 Å². The van der Waals surface area contributed by atoms with Gasteiger partial charge in [0.25, 0.3) is 0 Å². The van der Waals surface area contributed by atoms with E-state index in [1.165, 1.54) is 19.2 Å². The first-order chi connectivity index (χ1) is 11.5. The molecule has 24 heavy (non-hydrogen) atoms. The molecule has 0 heterocycles. The van der Waals surface area contributed by atoms with Crippen molar-refractivity contribution in [3.63, 3.8) is 0 Å². The SMILES string of the molecule is COc1ccc(NC(=S)Nc2ccc(OC(F)F)cc2)c(OC)c1. The predicted octanol–water partition coefficient (Wildman–Crippen LogP) is 4.11. The van der Waals surface area contributed by atoms with Crippen LogP contribution in [0.15, 0.2) is 42.5 Å². The van der Waals surface area contributed by atoms with Crippen LogP contribution in [0, 0.1) is 0 Å². The van der Waals surface area contributed by atoms with E-state index in [1.807, 2.05) is 0 Å². The predicted molar refractivity (Wildman–Crippen MR) is 92.5 cm³/mol. The number of hydrogen-bond donors (Lipinski definition) is 2. The van der Waals surface area contributed by atoms with Crippen molar-refractivity contribution >= 4 is 28.7 Å². The van der Waals surface area contributed by atoms with E-state index >= 15 is 0 Å². The third-order valence-electron chi connectivity index (χ3n) is 2.99. The first-order valence-corrected chi connectivity index (χ1v) is 7.27. The van der Waals surface area contributed by atoms with Crippen LogP contribution in [0.1, 0.15) is 0 Å². The van der Waals surface area contributed by atoms with Crippen LogP contribution in [-0.2, 0) is 0 Å². The van der Waals surface area contributed by atoms with Gasteiger partial charge in [-0.2, -0.15) is 8.78 Å². The molecule has 0 bridgehead atoms. The maximum Gasteiger partial charge on any atom is 0.387 e. The Bertz CT molecular complexity index is 696.